The lowest BCUT2D eigenvalue weighted by atomic mass is 9.91. The van der Waals surface area contributed by atoms with Gasteiger partial charge in [0.1, 0.15) is 12.2 Å². The summed E-state index contributed by atoms with van der Waals surface area (Å²) in [6, 6.07) is 20.9. The molecule has 5 atom stereocenters. The first-order valence-corrected chi connectivity index (χ1v) is 14.9. The number of aliphatic hydroxyl groups is 2. The van der Waals surface area contributed by atoms with Gasteiger partial charge in [-0.3, -0.25) is 4.57 Å². The molecule has 2 aliphatic heterocycles. The number of aliphatic hydroxyl groups excluding tert-OH is 2. The summed E-state index contributed by atoms with van der Waals surface area (Å²) < 4.78 is 7.77. The summed E-state index contributed by atoms with van der Waals surface area (Å²) in [5.74, 6) is 1.24. The van der Waals surface area contributed by atoms with E-state index in [9.17, 15) is 10.2 Å². The number of nitrogens with one attached hydrogen (secondary N) is 3. The number of aryl methyl sites for hydroxylation is 1. The molecule has 0 bridgehead atoms. The van der Waals surface area contributed by atoms with Gasteiger partial charge in [-0.2, -0.15) is 14.8 Å². The number of imidazole rings is 1. The quantitative estimate of drug-likeness (QED) is 0.147. The maximum atomic E-state index is 11.1. The van der Waals surface area contributed by atoms with Crippen LogP contribution < -0.4 is 16.0 Å². The van der Waals surface area contributed by atoms with Crippen LogP contribution in [0, 0.1) is 0 Å². The fraction of sp³-hybridized carbons (Fsp3) is 0.400. The van der Waals surface area contributed by atoms with Gasteiger partial charge in [-0.1, -0.05) is 60.7 Å². The molecule has 5 N–H and O–H groups in total. The van der Waals surface area contributed by atoms with Crippen molar-refractivity contribution in [3.63, 3.8) is 0 Å². The smallest absolute Gasteiger partial charge is 0.227 e. The lowest BCUT2D eigenvalue weighted by molar-refractivity contribution is -0.0384. The van der Waals surface area contributed by atoms with Crippen molar-refractivity contribution in [3.05, 3.63) is 83.9 Å². The minimum Gasteiger partial charge on any atom is -0.387 e. The van der Waals surface area contributed by atoms with Gasteiger partial charge in [0.15, 0.2) is 29.3 Å². The second-order valence-corrected chi connectivity index (χ2v) is 11.1. The number of tetrazole rings is 1. The third-order valence-corrected chi connectivity index (χ3v) is 8.21. The van der Waals surface area contributed by atoms with Crippen molar-refractivity contribution in [2.75, 3.05) is 30.3 Å². The molecule has 2 aromatic carbocycles. The Balaban J connectivity index is 0.00000208. The van der Waals surface area contributed by atoms with Gasteiger partial charge in [-0.25, -0.2) is 4.98 Å². The number of hydrogen-bond acceptors (Lipinski definition) is 12. The molecule has 0 aliphatic carbocycles. The molecule has 2 saturated heterocycles. The molecule has 1 unspecified atom stereocenters. The van der Waals surface area contributed by atoms with Gasteiger partial charge >= 0.3 is 0 Å². The van der Waals surface area contributed by atoms with Crippen molar-refractivity contribution in [2.24, 2.45) is 0 Å². The van der Waals surface area contributed by atoms with Gasteiger partial charge in [-0.15, -0.1) is 35.0 Å². The summed E-state index contributed by atoms with van der Waals surface area (Å²) in [5, 5.41) is 44.6. The van der Waals surface area contributed by atoms with Crippen molar-refractivity contribution in [3.8, 4) is 0 Å². The van der Waals surface area contributed by atoms with Crippen molar-refractivity contribution >= 4 is 47.7 Å². The monoisotopic (exact) mass is 669 g/mol. The lowest BCUT2D eigenvalue weighted by Gasteiger charge is -2.20. The average Bonchev–Trinajstić information content (AvgIpc) is 3.87. The molecule has 3 aromatic heterocycles. The van der Waals surface area contributed by atoms with Gasteiger partial charge in [0.05, 0.1) is 12.9 Å². The highest BCUT2D eigenvalue weighted by atomic mass is 35.5. The Morgan fingerprint density at radius 2 is 1.72 bits per heavy atom. The third kappa shape index (κ3) is 6.63. The zero-order chi connectivity index (χ0) is 30.0. The standard InChI is InChI=1S/C30H35N11O3.2ClH/c1-2-41-38-27(37-39-41)25-23(42)24(43)29(44-25)40-17-33-22-26(35-30(36-28(22)40)34-20-13-14-31-15-20)32-16-21(18-9-5-3-6-10-18)19-11-7-4-8-12-19;;/h3-12,17,20-21,23-25,29,31,42-43H,2,13-16H2,1H3,(H2,32,34,35,36);2*1H/t20?,23-,24+,25-,29+;;/m0../s1. The third-order valence-electron chi connectivity index (χ3n) is 8.21. The number of rotatable bonds is 10. The Hall–Kier alpha value is -3.92. The van der Waals surface area contributed by atoms with Crippen molar-refractivity contribution in [1.29, 1.82) is 0 Å². The number of aromatic nitrogens is 8. The van der Waals surface area contributed by atoms with Crippen LogP contribution in [0.4, 0.5) is 11.8 Å². The highest BCUT2D eigenvalue weighted by molar-refractivity contribution is 5.86. The van der Waals surface area contributed by atoms with Crippen LogP contribution in [0.5, 0.6) is 0 Å². The average molecular weight is 671 g/mol. The highest BCUT2D eigenvalue weighted by Gasteiger charge is 2.47. The predicted molar refractivity (Wildman–Crippen MR) is 176 cm³/mol. The molecular weight excluding hydrogens is 633 g/mol. The molecule has 0 radical (unpaired) electrons. The van der Waals surface area contributed by atoms with Crippen LogP contribution in [0.25, 0.3) is 11.2 Å². The second-order valence-electron chi connectivity index (χ2n) is 11.1. The SMILES string of the molecule is CCn1nnc([C@H]2O[C@@H](n3cnc4c(NCC(c5ccccc5)c5ccccc5)nc(NC5CCNC5)nc43)[C@H](O)[C@@H]2O)n1.Cl.Cl. The first-order valence-electron chi connectivity index (χ1n) is 14.9. The molecular formula is C30H37Cl2N11O3. The fourth-order valence-corrected chi connectivity index (χ4v) is 5.85. The van der Waals surface area contributed by atoms with Crippen LogP contribution >= 0.6 is 24.8 Å². The zero-order valence-corrected chi connectivity index (χ0v) is 26.7. The van der Waals surface area contributed by atoms with E-state index in [-0.39, 0.29) is 42.6 Å². The number of benzene rings is 2. The molecule has 244 valence electrons. The molecule has 16 heteroatoms. The van der Waals surface area contributed by atoms with Crippen LogP contribution in [-0.4, -0.2) is 87.8 Å². The van der Waals surface area contributed by atoms with E-state index in [0.717, 1.165) is 19.5 Å². The van der Waals surface area contributed by atoms with E-state index >= 15 is 0 Å². The Bertz CT molecular complexity index is 1660. The number of hydrogen-bond donors (Lipinski definition) is 5. The van der Waals surface area contributed by atoms with Crippen LogP contribution in [0.3, 0.4) is 0 Å². The van der Waals surface area contributed by atoms with Crippen molar-refractivity contribution < 1.29 is 14.9 Å². The molecule has 0 amide bonds. The largest absolute Gasteiger partial charge is 0.387 e. The van der Waals surface area contributed by atoms with Crippen molar-refractivity contribution in [2.45, 2.75) is 56.4 Å². The minimum absolute atomic E-state index is 0. The van der Waals surface area contributed by atoms with Crippen LogP contribution in [0.2, 0.25) is 0 Å². The number of anilines is 2. The van der Waals surface area contributed by atoms with E-state index < -0.39 is 24.5 Å². The van der Waals surface area contributed by atoms with Crippen molar-refractivity contribution in [1.82, 2.24) is 45.0 Å². The second kappa shape index (κ2) is 14.7. The summed E-state index contributed by atoms with van der Waals surface area (Å²) in [6.45, 7) is 4.67. The Morgan fingerprint density at radius 3 is 2.35 bits per heavy atom. The topological polar surface area (TPSA) is 173 Å². The molecule has 14 nitrogen and oxygen atoms in total. The van der Waals surface area contributed by atoms with Gasteiger partial charge in [-0.05, 0) is 36.2 Å². The zero-order valence-electron chi connectivity index (χ0n) is 25.0. The highest BCUT2D eigenvalue weighted by Crippen LogP contribution is 2.39. The number of halogens is 2. The molecule has 0 spiro atoms. The fourth-order valence-electron chi connectivity index (χ4n) is 5.85. The predicted octanol–water partition coefficient (Wildman–Crippen LogP) is 2.69. The Morgan fingerprint density at radius 1 is 1.00 bits per heavy atom. The van der Waals surface area contributed by atoms with Gasteiger partial charge in [0, 0.05) is 25.0 Å². The molecule has 5 heterocycles. The summed E-state index contributed by atoms with van der Waals surface area (Å²) in [6.07, 6.45) is -2.02. The van der Waals surface area contributed by atoms with E-state index in [0.29, 0.717) is 36.0 Å². The van der Waals surface area contributed by atoms with Crippen LogP contribution in [0.15, 0.2) is 67.0 Å². The maximum absolute atomic E-state index is 11.1. The Labute approximate surface area is 277 Å². The molecule has 2 fully saturated rings. The van der Waals surface area contributed by atoms with E-state index in [1.165, 1.54) is 15.9 Å². The molecule has 7 rings (SSSR count). The number of fused-ring (bicyclic) bond motifs is 1. The molecule has 5 aromatic rings. The van der Waals surface area contributed by atoms with Gasteiger partial charge in [0.25, 0.3) is 0 Å². The molecule has 0 saturated carbocycles. The van der Waals surface area contributed by atoms with Crippen LogP contribution in [0.1, 0.15) is 48.5 Å². The lowest BCUT2D eigenvalue weighted by Crippen LogP contribution is -2.29. The van der Waals surface area contributed by atoms with E-state index in [2.05, 4.69) is 60.6 Å². The summed E-state index contributed by atoms with van der Waals surface area (Å²) >= 11 is 0. The van der Waals surface area contributed by atoms with E-state index in [1.807, 2.05) is 43.3 Å². The van der Waals surface area contributed by atoms with E-state index in [4.69, 9.17) is 14.7 Å². The summed E-state index contributed by atoms with van der Waals surface area (Å²) in [5.41, 5.74) is 3.32. The summed E-state index contributed by atoms with van der Waals surface area (Å²) in [4.78, 5) is 15.7. The molecule has 46 heavy (non-hydrogen) atoms. The number of ether oxygens (including phenoxy) is 1. The number of nitrogens with zero attached hydrogens (tertiary/aromatic N) is 8. The maximum Gasteiger partial charge on any atom is 0.227 e. The van der Waals surface area contributed by atoms with Gasteiger partial charge < -0.3 is 30.9 Å². The molecule has 2 aliphatic rings. The van der Waals surface area contributed by atoms with E-state index in [1.54, 1.807) is 10.9 Å². The Kier molecular flexibility index (Phi) is 10.7. The van der Waals surface area contributed by atoms with Crippen LogP contribution in [-0.2, 0) is 11.3 Å². The minimum atomic E-state index is -1.28. The summed E-state index contributed by atoms with van der Waals surface area (Å²) in [7, 11) is 0. The first-order chi connectivity index (χ1) is 21.6. The normalized spacial score (nSPS) is 22.5. The first kappa shape index (κ1) is 33.4. The van der Waals surface area contributed by atoms with Gasteiger partial charge in [0.2, 0.25) is 11.8 Å².